The van der Waals surface area contributed by atoms with E-state index in [1.54, 1.807) is 0 Å². The molecule has 3 nitrogen and oxygen atoms in total. The van der Waals surface area contributed by atoms with E-state index in [4.69, 9.17) is 10.5 Å². The van der Waals surface area contributed by atoms with E-state index in [9.17, 15) is 4.79 Å². The van der Waals surface area contributed by atoms with Gasteiger partial charge in [0.1, 0.15) is 6.04 Å². The van der Waals surface area contributed by atoms with Crippen molar-refractivity contribution >= 4 is 5.97 Å². The van der Waals surface area contributed by atoms with Crippen LogP contribution in [0.1, 0.15) is 18.4 Å². The van der Waals surface area contributed by atoms with E-state index in [1.807, 2.05) is 30.3 Å². The molecule has 1 aromatic carbocycles. The van der Waals surface area contributed by atoms with Crippen molar-refractivity contribution in [3.05, 3.63) is 35.9 Å². The summed E-state index contributed by atoms with van der Waals surface area (Å²) in [5, 5.41) is 0. The van der Waals surface area contributed by atoms with Gasteiger partial charge >= 0.3 is 5.97 Å². The van der Waals surface area contributed by atoms with Gasteiger partial charge in [0.15, 0.2) is 0 Å². The van der Waals surface area contributed by atoms with Crippen LogP contribution in [0.3, 0.4) is 0 Å². The normalized spacial score (nSPS) is 16.8. The highest BCUT2D eigenvalue weighted by Gasteiger charge is 2.34. The minimum absolute atomic E-state index is 0.254. The third kappa shape index (κ3) is 3.07. The molecule has 1 atom stereocenters. The lowest BCUT2D eigenvalue weighted by molar-refractivity contribution is -0.145. The minimum Gasteiger partial charge on any atom is -0.464 e. The van der Waals surface area contributed by atoms with Crippen molar-refractivity contribution in [2.75, 3.05) is 6.61 Å². The van der Waals surface area contributed by atoms with Gasteiger partial charge in [0.2, 0.25) is 0 Å². The lowest BCUT2D eigenvalue weighted by Gasteiger charge is -2.09. The van der Waals surface area contributed by atoms with Gasteiger partial charge in [-0.15, -0.1) is 0 Å². The number of benzene rings is 1. The van der Waals surface area contributed by atoms with Crippen LogP contribution in [0.2, 0.25) is 0 Å². The number of carbonyl (C=O) groups is 1. The van der Waals surface area contributed by atoms with Crippen molar-refractivity contribution in [1.29, 1.82) is 0 Å². The Morgan fingerprint density at radius 3 is 2.69 bits per heavy atom. The molecule has 1 aliphatic rings. The van der Waals surface area contributed by atoms with Crippen LogP contribution in [-0.2, 0) is 16.0 Å². The van der Waals surface area contributed by atoms with E-state index in [-0.39, 0.29) is 11.9 Å². The lowest BCUT2D eigenvalue weighted by atomic mass is 10.2. The number of hydrogen-bond donors (Lipinski definition) is 0. The van der Waals surface area contributed by atoms with E-state index < -0.39 is 6.04 Å². The Hall–Kier alpha value is -1.35. The minimum atomic E-state index is -0.657. The number of rotatable bonds is 5. The molecule has 1 N–H and O–H groups in total. The molecule has 0 heterocycles. The zero-order chi connectivity index (χ0) is 11.4. The second kappa shape index (κ2) is 5.12. The molecular formula is C13H16NO2. The molecule has 1 unspecified atom stereocenters. The van der Waals surface area contributed by atoms with Gasteiger partial charge in [-0.05, 0) is 24.3 Å². The standard InChI is InChI=1S/C13H16NO2/c14-12(11-6-7-11)13(15)16-9-8-10-4-2-1-3-5-10/h1-5,11-12,14H,6-9H2. The Morgan fingerprint density at radius 2 is 2.06 bits per heavy atom. The number of nitrogens with one attached hydrogen (secondary N) is 1. The predicted molar refractivity (Wildman–Crippen MR) is 60.7 cm³/mol. The Morgan fingerprint density at radius 1 is 1.38 bits per heavy atom. The molecule has 0 aromatic heterocycles. The van der Waals surface area contributed by atoms with Gasteiger partial charge < -0.3 is 4.74 Å². The molecule has 1 aliphatic carbocycles. The van der Waals surface area contributed by atoms with Gasteiger partial charge in [0, 0.05) is 6.42 Å². The van der Waals surface area contributed by atoms with Gasteiger partial charge in [-0.1, -0.05) is 30.3 Å². The molecule has 1 aromatic rings. The van der Waals surface area contributed by atoms with Crippen LogP contribution in [0.5, 0.6) is 0 Å². The highest BCUT2D eigenvalue weighted by molar-refractivity contribution is 5.76. The molecule has 0 bridgehead atoms. The second-order valence-electron chi connectivity index (χ2n) is 4.22. The Balaban J connectivity index is 1.69. The van der Waals surface area contributed by atoms with E-state index in [1.165, 1.54) is 0 Å². The summed E-state index contributed by atoms with van der Waals surface area (Å²) >= 11 is 0. The van der Waals surface area contributed by atoms with Gasteiger partial charge in [0.05, 0.1) is 6.61 Å². The maximum absolute atomic E-state index is 11.4. The maximum Gasteiger partial charge on any atom is 0.324 e. The molecule has 1 radical (unpaired) electrons. The van der Waals surface area contributed by atoms with E-state index in [2.05, 4.69) is 0 Å². The van der Waals surface area contributed by atoms with E-state index >= 15 is 0 Å². The summed E-state index contributed by atoms with van der Waals surface area (Å²) < 4.78 is 5.08. The van der Waals surface area contributed by atoms with Crippen molar-refractivity contribution < 1.29 is 9.53 Å². The average molecular weight is 218 g/mol. The Bertz CT molecular complexity index is 346. The lowest BCUT2D eigenvalue weighted by Crippen LogP contribution is -2.27. The van der Waals surface area contributed by atoms with Gasteiger partial charge in [0.25, 0.3) is 0 Å². The number of ether oxygens (including phenoxy) is 1. The van der Waals surface area contributed by atoms with Crippen molar-refractivity contribution in [3.8, 4) is 0 Å². The summed E-state index contributed by atoms with van der Waals surface area (Å²) in [6.07, 6.45) is 2.73. The number of hydrogen-bond acceptors (Lipinski definition) is 2. The van der Waals surface area contributed by atoms with Crippen LogP contribution in [-0.4, -0.2) is 18.6 Å². The molecule has 85 valence electrons. The fourth-order valence-corrected chi connectivity index (χ4v) is 1.63. The fraction of sp³-hybridized carbons (Fsp3) is 0.462. The summed E-state index contributed by atoms with van der Waals surface area (Å²) in [5.41, 5.74) is 8.76. The number of esters is 1. The van der Waals surface area contributed by atoms with E-state index in [0.29, 0.717) is 6.61 Å². The molecule has 0 saturated heterocycles. The van der Waals surface area contributed by atoms with Crippen molar-refractivity contribution in [2.45, 2.75) is 25.3 Å². The van der Waals surface area contributed by atoms with Crippen LogP contribution in [0.15, 0.2) is 30.3 Å². The summed E-state index contributed by atoms with van der Waals surface area (Å²) in [7, 11) is 0. The van der Waals surface area contributed by atoms with Gasteiger partial charge in [-0.3, -0.25) is 4.79 Å². The molecule has 0 aliphatic heterocycles. The van der Waals surface area contributed by atoms with Gasteiger partial charge in [-0.2, -0.15) is 0 Å². The summed E-state index contributed by atoms with van der Waals surface area (Å²) in [5.74, 6) is -0.109. The molecule has 1 saturated carbocycles. The largest absolute Gasteiger partial charge is 0.464 e. The Kier molecular flexibility index (Phi) is 3.57. The average Bonchev–Trinajstić information content (AvgIpc) is 3.13. The van der Waals surface area contributed by atoms with Crippen molar-refractivity contribution in [2.24, 2.45) is 5.92 Å². The number of carbonyl (C=O) groups excluding carboxylic acids is 1. The van der Waals surface area contributed by atoms with Gasteiger partial charge in [-0.25, -0.2) is 5.73 Å². The maximum atomic E-state index is 11.4. The first-order chi connectivity index (χ1) is 7.77. The summed E-state index contributed by atoms with van der Waals surface area (Å²) in [6, 6.07) is 9.25. The zero-order valence-electron chi connectivity index (χ0n) is 9.19. The van der Waals surface area contributed by atoms with Crippen molar-refractivity contribution in [1.82, 2.24) is 5.73 Å². The second-order valence-corrected chi connectivity index (χ2v) is 4.22. The highest BCUT2D eigenvalue weighted by Crippen LogP contribution is 2.32. The van der Waals surface area contributed by atoms with Crippen LogP contribution in [0.4, 0.5) is 0 Å². The molecular weight excluding hydrogens is 202 g/mol. The smallest absolute Gasteiger partial charge is 0.324 e. The topological polar surface area (TPSA) is 50.1 Å². The van der Waals surface area contributed by atoms with Crippen LogP contribution >= 0.6 is 0 Å². The molecule has 16 heavy (non-hydrogen) atoms. The SMILES string of the molecule is [NH]C(C(=O)OCCc1ccccc1)C1CC1. The first-order valence-corrected chi connectivity index (χ1v) is 5.69. The zero-order valence-corrected chi connectivity index (χ0v) is 9.19. The molecule has 0 spiro atoms. The highest BCUT2D eigenvalue weighted by atomic mass is 16.5. The first kappa shape index (κ1) is 11.1. The van der Waals surface area contributed by atoms with E-state index in [0.717, 1.165) is 24.8 Å². The third-order valence-corrected chi connectivity index (χ3v) is 2.83. The van der Waals surface area contributed by atoms with Crippen LogP contribution in [0, 0.1) is 5.92 Å². The molecule has 3 heteroatoms. The quantitative estimate of drug-likeness (QED) is 0.708. The Labute approximate surface area is 95.6 Å². The van der Waals surface area contributed by atoms with Crippen molar-refractivity contribution in [3.63, 3.8) is 0 Å². The monoisotopic (exact) mass is 218 g/mol. The fourth-order valence-electron chi connectivity index (χ4n) is 1.63. The molecule has 0 amide bonds. The molecule has 2 rings (SSSR count). The third-order valence-electron chi connectivity index (χ3n) is 2.83. The van der Waals surface area contributed by atoms with Crippen LogP contribution in [0.25, 0.3) is 0 Å². The van der Waals surface area contributed by atoms with Crippen LogP contribution < -0.4 is 5.73 Å². The predicted octanol–water partition coefficient (Wildman–Crippen LogP) is 1.83. The summed E-state index contributed by atoms with van der Waals surface area (Å²) in [6.45, 7) is 0.380. The summed E-state index contributed by atoms with van der Waals surface area (Å²) in [4.78, 5) is 11.4. The molecule has 1 fully saturated rings. The first-order valence-electron chi connectivity index (χ1n) is 5.69.